The monoisotopic (exact) mass is 442 g/mol. The second-order valence-electron chi connectivity index (χ2n) is 7.38. The van der Waals surface area contributed by atoms with Crippen molar-refractivity contribution in [2.45, 2.75) is 45.7 Å². The first kappa shape index (κ1) is 25.0. The molecule has 2 aromatic carbocycles. The predicted molar refractivity (Wildman–Crippen MR) is 124 cm³/mol. The number of likely N-dealkylation sites (N-methyl/N-ethyl adjacent to an activating group) is 1. The van der Waals surface area contributed by atoms with E-state index in [1.807, 2.05) is 56.3 Å². The second kappa shape index (κ2) is 12.6. The predicted octanol–water partition coefficient (Wildman–Crippen LogP) is 3.59. The second-order valence-corrected chi connectivity index (χ2v) is 7.38. The molecule has 0 saturated heterocycles. The number of aryl methyl sites for hydroxylation is 1. The molecule has 32 heavy (non-hydrogen) atoms. The van der Waals surface area contributed by atoms with Crippen LogP contribution in [0.5, 0.6) is 17.2 Å². The van der Waals surface area contributed by atoms with Gasteiger partial charge >= 0.3 is 0 Å². The van der Waals surface area contributed by atoms with Gasteiger partial charge in [-0.05, 0) is 55.2 Å². The topological polar surface area (TPSA) is 77.1 Å². The van der Waals surface area contributed by atoms with Gasteiger partial charge in [-0.2, -0.15) is 0 Å². The molecule has 1 N–H and O–H groups in total. The number of amides is 2. The van der Waals surface area contributed by atoms with Crippen molar-refractivity contribution < 1.29 is 23.8 Å². The average molecular weight is 443 g/mol. The van der Waals surface area contributed by atoms with Gasteiger partial charge in [0.05, 0.1) is 21.3 Å². The molecule has 0 aliphatic heterocycles. The Morgan fingerprint density at radius 1 is 0.906 bits per heavy atom. The summed E-state index contributed by atoms with van der Waals surface area (Å²) >= 11 is 0. The quantitative estimate of drug-likeness (QED) is 0.544. The van der Waals surface area contributed by atoms with E-state index in [-0.39, 0.29) is 18.2 Å². The fourth-order valence-electron chi connectivity index (χ4n) is 3.57. The van der Waals surface area contributed by atoms with E-state index >= 15 is 0 Å². The summed E-state index contributed by atoms with van der Waals surface area (Å²) in [5, 5.41) is 2.85. The lowest BCUT2D eigenvalue weighted by Gasteiger charge is -2.30. The molecular formula is C25H34N2O5. The Bertz CT molecular complexity index is 882. The molecule has 0 aromatic heterocycles. The molecule has 2 amide bonds. The van der Waals surface area contributed by atoms with Crippen LogP contribution in [-0.2, 0) is 22.6 Å². The number of carbonyl (C=O) groups is 2. The summed E-state index contributed by atoms with van der Waals surface area (Å²) in [4.78, 5) is 27.7. The number of ether oxygens (including phenoxy) is 3. The van der Waals surface area contributed by atoms with Gasteiger partial charge in [0.1, 0.15) is 11.8 Å². The minimum Gasteiger partial charge on any atom is -0.497 e. The SMILES string of the molecule is CCNC(=O)[C@@H](CC)N(Cc1ccc(OC)cc1)C(=O)CCc1ccc(OC)c(OC)c1. The van der Waals surface area contributed by atoms with Crippen molar-refractivity contribution in [3.63, 3.8) is 0 Å². The highest BCUT2D eigenvalue weighted by Crippen LogP contribution is 2.28. The summed E-state index contributed by atoms with van der Waals surface area (Å²) in [5.41, 5.74) is 1.90. The number of nitrogens with one attached hydrogen (secondary N) is 1. The summed E-state index contributed by atoms with van der Waals surface area (Å²) in [5.74, 6) is 1.81. The molecular weight excluding hydrogens is 408 g/mol. The van der Waals surface area contributed by atoms with Crippen molar-refractivity contribution in [2.24, 2.45) is 0 Å². The van der Waals surface area contributed by atoms with Crippen molar-refractivity contribution in [1.82, 2.24) is 10.2 Å². The average Bonchev–Trinajstić information content (AvgIpc) is 2.82. The Kier molecular flexibility index (Phi) is 9.85. The Morgan fingerprint density at radius 2 is 1.56 bits per heavy atom. The van der Waals surface area contributed by atoms with E-state index in [4.69, 9.17) is 14.2 Å². The Labute approximate surface area is 190 Å². The number of benzene rings is 2. The van der Waals surface area contributed by atoms with E-state index in [1.54, 1.807) is 26.2 Å². The maximum Gasteiger partial charge on any atom is 0.242 e. The van der Waals surface area contributed by atoms with E-state index in [2.05, 4.69) is 5.32 Å². The van der Waals surface area contributed by atoms with Crippen LogP contribution in [0.15, 0.2) is 42.5 Å². The molecule has 0 spiro atoms. The summed E-state index contributed by atoms with van der Waals surface area (Å²) in [7, 11) is 4.78. The lowest BCUT2D eigenvalue weighted by molar-refractivity contribution is -0.141. The van der Waals surface area contributed by atoms with E-state index in [0.717, 1.165) is 16.9 Å². The van der Waals surface area contributed by atoms with E-state index in [0.29, 0.717) is 37.4 Å². The number of hydrogen-bond acceptors (Lipinski definition) is 5. The molecule has 0 fully saturated rings. The van der Waals surface area contributed by atoms with Gasteiger partial charge in [0.15, 0.2) is 11.5 Å². The van der Waals surface area contributed by atoms with Crippen LogP contribution in [0, 0.1) is 0 Å². The molecule has 0 saturated carbocycles. The molecule has 0 bridgehead atoms. The number of nitrogens with zero attached hydrogens (tertiary/aromatic N) is 1. The normalized spacial score (nSPS) is 11.4. The molecule has 0 aliphatic rings. The molecule has 0 radical (unpaired) electrons. The first-order valence-corrected chi connectivity index (χ1v) is 10.9. The van der Waals surface area contributed by atoms with Gasteiger partial charge in [-0.25, -0.2) is 0 Å². The third-order valence-electron chi connectivity index (χ3n) is 5.32. The molecule has 0 unspecified atom stereocenters. The third-order valence-corrected chi connectivity index (χ3v) is 5.32. The van der Waals surface area contributed by atoms with Crippen molar-refractivity contribution in [3.8, 4) is 17.2 Å². The summed E-state index contributed by atoms with van der Waals surface area (Å²) in [6.07, 6.45) is 1.34. The summed E-state index contributed by atoms with van der Waals surface area (Å²) in [6.45, 7) is 4.66. The Hall–Kier alpha value is -3.22. The van der Waals surface area contributed by atoms with Gasteiger partial charge < -0.3 is 24.4 Å². The van der Waals surface area contributed by atoms with Crippen molar-refractivity contribution >= 4 is 11.8 Å². The highest BCUT2D eigenvalue weighted by molar-refractivity contribution is 5.87. The lowest BCUT2D eigenvalue weighted by Crippen LogP contribution is -2.49. The Morgan fingerprint density at radius 3 is 2.12 bits per heavy atom. The van der Waals surface area contributed by atoms with Gasteiger partial charge in [0.2, 0.25) is 11.8 Å². The van der Waals surface area contributed by atoms with Gasteiger partial charge in [-0.3, -0.25) is 9.59 Å². The van der Waals surface area contributed by atoms with Crippen LogP contribution in [0.1, 0.15) is 37.8 Å². The minimum absolute atomic E-state index is 0.0753. The summed E-state index contributed by atoms with van der Waals surface area (Å²) in [6, 6.07) is 12.6. The number of hydrogen-bond donors (Lipinski definition) is 1. The lowest BCUT2D eigenvalue weighted by atomic mass is 10.1. The molecule has 2 aromatic rings. The van der Waals surface area contributed by atoms with Gasteiger partial charge in [-0.1, -0.05) is 25.1 Å². The number of carbonyl (C=O) groups excluding carboxylic acids is 2. The molecule has 174 valence electrons. The fourth-order valence-corrected chi connectivity index (χ4v) is 3.57. The third kappa shape index (κ3) is 6.64. The molecule has 0 heterocycles. The maximum absolute atomic E-state index is 13.3. The highest BCUT2D eigenvalue weighted by atomic mass is 16.5. The maximum atomic E-state index is 13.3. The van der Waals surface area contributed by atoms with Gasteiger partial charge in [-0.15, -0.1) is 0 Å². The first-order valence-electron chi connectivity index (χ1n) is 10.9. The smallest absolute Gasteiger partial charge is 0.242 e. The van der Waals surface area contributed by atoms with Crippen LogP contribution in [0.2, 0.25) is 0 Å². The highest BCUT2D eigenvalue weighted by Gasteiger charge is 2.28. The van der Waals surface area contributed by atoms with Crippen molar-refractivity contribution in [2.75, 3.05) is 27.9 Å². The molecule has 0 aliphatic carbocycles. The summed E-state index contributed by atoms with van der Waals surface area (Å²) < 4.78 is 15.9. The van der Waals surface area contributed by atoms with E-state index in [1.165, 1.54) is 0 Å². The molecule has 1 atom stereocenters. The number of methoxy groups -OCH3 is 3. The van der Waals surface area contributed by atoms with Crippen LogP contribution < -0.4 is 19.5 Å². The number of rotatable bonds is 12. The van der Waals surface area contributed by atoms with Crippen molar-refractivity contribution in [3.05, 3.63) is 53.6 Å². The van der Waals surface area contributed by atoms with Crippen LogP contribution in [0.3, 0.4) is 0 Å². The fraction of sp³-hybridized carbons (Fsp3) is 0.440. The zero-order valence-corrected chi connectivity index (χ0v) is 19.6. The zero-order valence-electron chi connectivity index (χ0n) is 19.6. The van der Waals surface area contributed by atoms with E-state index < -0.39 is 6.04 Å². The first-order chi connectivity index (χ1) is 15.5. The van der Waals surface area contributed by atoms with Gasteiger partial charge in [0.25, 0.3) is 0 Å². The van der Waals surface area contributed by atoms with Crippen LogP contribution >= 0.6 is 0 Å². The van der Waals surface area contributed by atoms with Gasteiger partial charge in [0, 0.05) is 19.5 Å². The van der Waals surface area contributed by atoms with E-state index in [9.17, 15) is 9.59 Å². The molecule has 7 nitrogen and oxygen atoms in total. The van der Waals surface area contributed by atoms with Crippen LogP contribution in [-0.4, -0.2) is 50.6 Å². The van der Waals surface area contributed by atoms with Crippen LogP contribution in [0.4, 0.5) is 0 Å². The molecule has 2 rings (SSSR count). The molecule has 7 heteroatoms. The van der Waals surface area contributed by atoms with Crippen LogP contribution in [0.25, 0.3) is 0 Å². The standard InChI is InChI=1S/C25H34N2O5/c1-6-21(25(29)26-7-2)27(17-19-8-12-20(30-3)13-9-19)24(28)15-11-18-10-14-22(31-4)23(16-18)32-5/h8-10,12-14,16,21H,6-7,11,15,17H2,1-5H3,(H,26,29)/t21-/m1/s1. The minimum atomic E-state index is -0.532. The van der Waals surface area contributed by atoms with Crippen molar-refractivity contribution in [1.29, 1.82) is 0 Å². The largest absolute Gasteiger partial charge is 0.497 e. The Balaban J connectivity index is 2.20. The zero-order chi connectivity index (χ0) is 23.5.